The topological polar surface area (TPSA) is 65.1 Å². The van der Waals surface area contributed by atoms with Crippen LogP contribution >= 0.6 is 0 Å². The number of ether oxygens (including phenoxy) is 3. The van der Waals surface area contributed by atoms with Crippen molar-refractivity contribution in [2.45, 2.75) is 19.1 Å². The van der Waals surface area contributed by atoms with Crippen LogP contribution in [-0.2, 0) is 14.3 Å². The second-order valence-corrected chi connectivity index (χ2v) is 5.05. The van der Waals surface area contributed by atoms with Crippen LogP contribution in [0.1, 0.15) is 28.9 Å². The van der Waals surface area contributed by atoms with Crippen LogP contribution < -0.4 is 4.74 Å². The zero-order valence-electron chi connectivity index (χ0n) is 12.6. The number of rotatable bonds is 5. The van der Waals surface area contributed by atoms with E-state index in [1.54, 1.807) is 55.5 Å². The third-order valence-electron chi connectivity index (χ3n) is 3.44. The van der Waals surface area contributed by atoms with Gasteiger partial charge in [-0.25, -0.2) is 9.59 Å². The monoisotopic (exact) mass is 312 g/mol. The Bertz CT molecular complexity index is 693. The fourth-order valence-corrected chi connectivity index (χ4v) is 2.24. The van der Waals surface area contributed by atoms with Crippen molar-refractivity contribution in [3.8, 4) is 5.75 Å². The van der Waals surface area contributed by atoms with Crippen molar-refractivity contribution in [3.63, 3.8) is 0 Å². The molecule has 0 bridgehead atoms. The smallest absolute Gasteiger partial charge is 0.343 e. The summed E-state index contributed by atoms with van der Waals surface area (Å²) in [7, 11) is 0. The summed E-state index contributed by atoms with van der Waals surface area (Å²) in [6, 6.07) is 15.7. The first-order chi connectivity index (χ1) is 11.2. The molecule has 0 aliphatic carbocycles. The molecule has 5 nitrogen and oxygen atoms in total. The van der Waals surface area contributed by atoms with E-state index in [2.05, 4.69) is 0 Å². The number of benzene rings is 2. The molecule has 5 heteroatoms. The molecule has 0 aromatic heterocycles. The Kier molecular flexibility index (Phi) is 4.39. The summed E-state index contributed by atoms with van der Waals surface area (Å²) in [5, 5.41) is 0. The molecule has 0 radical (unpaired) electrons. The van der Waals surface area contributed by atoms with E-state index in [1.807, 2.05) is 6.07 Å². The Balaban J connectivity index is 1.60. The fraction of sp³-hybridized carbons (Fsp3) is 0.222. The average molecular weight is 312 g/mol. The Labute approximate surface area is 133 Å². The van der Waals surface area contributed by atoms with Gasteiger partial charge in [0.05, 0.1) is 12.2 Å². The number of esters is 2. The Morgan fingerprint density at radius 1 is 1.04 bits per heavy atom. The summed E-state index contributed by atoms with van der Waals surface area (Å²) in [4.78, 5) is 23.5. The van der Waals surface area contributed by atoms with E-state index in [0.717, 1.165) is 5.56 Å². The summed E-state index contributed by atoms with van der Waals surface area (Å²) in [6.07, 6.45) is -0.819. The van der Waals surface area contributed by atoms with Gasteiger partial charge in [0.2, 0.25) is 0 Å². The Hall–Kier alpha value is -2.66. The summed E-state index contributed by atoms with van der Waals surface area (Å²) in [5.74, 6) is -0.321. The van der Waals surface area contributed by atoms with E-state index < -0.39 is 12.1 Å². The standard InChI is InChI=1S/C18H16O5/c1-2-21-18(20)16-15(23-16)12-8-10-14(11-9-12)22-17(19)13-6-4-3-5-7-13/h3-11,15-16H,2H2,1H3/t15-,16+/m0/s1. The molecule has 1 heterocycles. The highest BCUT2D eigenvalue weighted by molar-refractivity contribution is 5.90. The van der Waals surface area contributed by atoms with Gasteiger partial charge in [0, 0.05) is 0 Å². The van der Waals surface area contributed by atoms with Crippen molar-refractivity contribution in [2.24, 2.45) is 0 Å². The zero-order valence-corrected chi connectivity index (χ0v) is 12.6. The molecule has 1 saturated heterocycles. The fourth-order valence-electron chi connectivity index (χ4n) is 2.24. The summed E-state index contributed by atoms with van der Waals surface area (Å²) in [6.45, 7) is 2.09. The van der Waals surface area contributed by atoms with Crippen molar-refractivity contribution in [1.82, 2.24) is 0 Å². The van der Waals surface area contributed by atoms with Crippen LogP contribution in [0, 0.1) is 0 Å². The number of carbonyl (C=O) groups is 2. The van der Waals surface area contributed by atoms with Crippen molar-refractivity contribution < 1.29 is 23.8 Å². The largest absolute Gasteiger partial charge is 0.464 e. The predicted octanol–water partition coefficient (Wildman–Crippen LogP) is 2.91. The maximum absolute atomic E-state index is 12.0. The second-order valence-electron chi connectivity index (χ2n) is 5.05. The van der Waals surface area contributed by atoms with Crippen molar-refractivity contribution in [3.05, 3.63) is 65.7 Å². The van der Waals surface area contributed by atoms with Crippen molar-refractivity contribution in [1.29, 1.82) is 0 Å². The summed E-state index contributed by atoms with van der Waals surface area (Å²) in [5.41, 5.74) is 1.34. The minimum atomic E-state index is -0.535. The molecule has 0 unspecified atom stereocenters. The second kappa shape index (κ2) is 6.62. The van der Waals surface area contributed by atoms with Crippen LogP contribution in [0.15, 0.2) is 54.6 Å². The third-order valence-corrected chi connectivity index (χ3v) is 3.44. The quantitative estimate of drug-likeness (QED) is 0.482. The van der Waals surface area contributed by atoms with Gasteiger partial charge in [0.1, 0.15) is 11.9 Å². The average Bonchev–Trinajstić information content (AvgIpc) is 3.37. The first kappa shape index (κ1) is 15.2. The highest BCUT2D eigenvalue weighted by Crippen LogP contribution is 2.39. The van der Waals surface area contributed by atoms with E-state index >= 15 is 0 Å². The lowest BCUT2D eigenvalue weighted by molar-refractivity contribution is -0.144. The van der Waals surface area contributed by atoms with Crippen LogP contribution in [-0.4, -0.2) is 24.6 Å². The van der Waals surface area contributed by atoms with E-state index in [4.69, 9.17) is 14.2 Å². The molecule has 2 aromatic carbocycles. The lowest BCUT2D eigenvalue weighted by Gasteiger charge is -2.05. The molecular formula is C18H16O5. The molecule has 23 heavy (non-hydrogen) atoms. The van der Waals surface area contributed by atoms with E-state index in [9.17, 15) is 9.59 Å². The van der Waals surface area contributed by atoms with Crippen LogP contribution in [0.3, 0.4) is 0 Å². The van der Waals surface area contributed by atoms with Crippen molar-refractivity contribution in [2.75, 3.05) is 6.61 Å². The van der Waals surface area contributed by atoms with Gasteiger partial charge in [-0.05, 0) is 36.8 Å². The van der Waals surface area contributed by atoms with E-state index in [-0.39, 0.29) is 12.1 Å². The van der Waals surface area contributed by atoms with Gasteiger partial charge in [-0.1, -0.05) is 30.3 Å². The first-order valence-corrected chi connectivity index (χ1v) is 7.38. The number of carbonyl (C=O) groups excluding carboxylic acids is 2. The third kappa shape index (κ3) is 3.57. The highest BCUT2D eigenvalue weighted by Gasteiger charge is 2.47. The molecule has 2 atom stereocenters. The summed E-state index contributed by atoms with van der Waals surface area (Å²) < 4.78 is 15.5. The lowest BCUT2D eigenvalue weighted by atomic mass is 10.1. The number of hydrogen-bond acceptors (Lipinski definition) is 5. The van der Waals surface area contributed by atoms with Gasteiger partial charge < -0.3 is 14.2 Å². The molecule has 1 aliphatic rings. The van der Waals surface area contributed by atoms with Gasteiger partial charge in [0.15, 0.2) is 6.10 Å². The SMILES string of the molecule is CCOC(=O)[C@@H]1O[C@H]1c1ccc(OC(=O)c2ccccc2)cc1. The van der Waals surface area contributed by atoms with Gasteiger partial charge in [0.25, 0.3) is 0 Å². The lowest BCUT2D eigenvalue weighted by Crippen LogP contribution is -2.11. The van der Waals surface area contributed by atoms with Crippen LogP contribution in [0.25, 0.3) is 0 Å². The molecule has 118 valence electrons. The highest BCUT2D eigenvalue weighted by atomic mass is 16.6. The van der Waals surface area contributed by atoms with E-state index in [0.29, 0.717) is 17.9 Å². The molecule has 3 rings (SSSR count). The van der Waals surface area contributed by atoms with E-state index in [1.165, 1.54) is 0 Å². The van der Waals surface area contributed by atoms with Gasteiger partial charge in [-0.15, -0.1) is 0 Å². The van der Waals surface area contributed by atoms with Crippen LogP contribution in [0.2, 0.25) is 0 Å². The Morgan fingerprint density at radius 2 is 1.74 bits per heavy atom. The molecular weight excluding hydrogens is 296 g/mol. The molecule has 0 spiro atoms. The van der Waals surface area contributed by atoms with Gasteiger partial charge in [-0.2, -0.15) is 0 Å². The molecule has 0 amide bonds. The molecule has 1 fully saturated rings. The van der Waals surface area contributed by atoms with Gasteiger partial charge >= 0.3 is 11.9 Å². The predicted molar refractivity (Wildman–Crippen MR) is 82.1 cm³/mol. The Morgan fingerprint density at radius 3 is 2.39 bits per heavy atom. The number of hydrogen-bond donors (Lipinski definition) is 0. The normalized spacial score (nSPS) is 19.0. The molecule has 1 aliphatic heterocycles. The minimum Gasteiger partial charge on any atom is -0.464 e. The van der Waals surface area contributed by atoms with Crippen LogP contribution in [0.4, 0.5) is 0 Å². The number of epoxide rings is 1. The zero-order chi connectivity index (χ0) is 16.2. The maximum Gasteiger partial charge on any atom is 0.343 e. The minimum absolute atomic E-state index is 0.284. The summed E-state index contributed by atoms with van der Waals surface area (Å²) >= 11 is 0. The van der Waals surface area contributed by atoms with Crippen molar-refractivity contribution >= 4 is 11.9 Å². The molecule has 0 N–H and O–H groups in total. The van der Waals surface area contributed by atoms with Crippen LogP contribution in [0.5, 0.6) is 5.75 Å². The maximum atomic E-state index is 12.0. The van der Waals surface area contributed by atoms with Gasteiger partial charge in [-0.3, -0.25) is 0 Å². The molecule has 2 aromatic rings. The first-order valence-electron chi connectivity index (χ1n) is 7.38. The molecule has 0 saturated carbocycles.